The number of piperidine rings is 1. The fraction of sp³-hybridized carbons (Fsp3) is 0.562. The number of rotatable bonds is 1. The van der Waals surface area contributed by atoms with Gasteiger partial charge in [-0.25, -0.2) is 0 Å². The molecule has 0 N–H and O–H groups in total. The second-order valence-electron chi connectivity index (χ2n) is 6.23. The molecule has 1 fully saturated rings. The minimum atomic E-state index is -0.220. The Balaban J connectivity index is 2.36. The summed E-state index contributed by atoms with van der Waals surface area (Å²) >= 11 is 0. The van der Waals surface area contributed by atoms with Gasteiger partial charge in [-0.15, -0.1) is 0 Å². The maximum Gasteiger partial charge on any atom is 0.142 e. The summed E-state index contributed by atoms with van der Waals surface area (Å²) in [5.41, 5.74) is 5.04. The summed E-state index contributed by atoms with van der Waals surface area (Å²) in [5, 5.41) is 0. The van der Waals surface area contributed by atoms with Crippen LogP contribution in [0.2, 0.25) is 0 Å². The van der Waals surface area contributed by atoms with Crippen LogP contribution < -0.4 is 4.90 Å². The van der Waals surface area contributed by atoms with Gasteiger partial charge in [0.2, 0.25) is 0 Å². The fourth-order valence-corrected chi connectivity index (χ4v) is 3.08. The van der Waals surface area contributed by atoms with Gasteiger partial charge in [0.25, 0.3) is 0 Å². The Morgan fingerprint density at radius 2 is 1.67 bits per heavy atom. The number of anilines is 1. The van der Waals surface area contributed by atoms with E-state index >= 15 is 0 Å². The van der Waals surface area contributed by atoms with Gasteiger partial charge in [0.15, 0.2) is 0 Å². The maximum atomic E-state index is 11.9. The Morgan fingerprint density at radius 3 is 2.17 bits per heavy atom. The number of nitrogens with zero attached hydrogens (tertiary/aromatic N) is 1. The highest BCUT2D eigenvalue weighted by molar-refractivity contribution is 5.87. The van der Waals surface area contributed by atoms with Gasteiger partial charge in [0.05, 0.1) is 0 Å². The monoisotopic (exact) mass is 245 g/mol. The smallest absolute Gasteiger partial charge is 0.142 e. The van der Waals surface area contributed by atoms with E-state index in [9.17, 15) is 4.79 Å². The maximum absolute atomic E-state index is 11.9. The Morgan fingerprint density at radius 1 is 1.11 bits per heavy atom. The molecule has 0 spiro atoms. The van der Waals surface area contributed by atoms with Crippen molar-refractivity contribution in [2.24, 2.45) is 5.41 Å². The summed E-state index contributed by atoms with van der Waals surface area (Å²) in [4.78, 5) is 14.3. The first kappa shape index (κ1) is 13.1. The summed E-state index contributed by atoms with van der Waals surface area (Å²) < 4.78 is 0. The van der Waals surface area contributed by atoms with E-state index in [1.807, 2.05) is 0 Å². The zero-order valence-corrected chi connectivity index (χ0v) is 12.1. The van der Waals surface area contributed by atoms with Crippen LogP contribution in [-0.2, 0) is 4.79 Å². The number of Topliss-reactive ketones (excluding diaryl/α,β-unsaturated/α-hetero) is 1. The highest BCUT2D eigenvalue weighted by atomic mass is 16.1. The SMILES string of the molecule is Cc1cc(C)c(N2CCC(=O)C(C)(C)C2)c(C)c1. The van der Waals surface area contributed by atoms with Gasteiger partial charge >= 0.3 is 0 Å². The zero-order valence-electron chi connectivity index (χ0n) is 12.1. The van der Waals surface area contributed by atoms with Crippen LogP contribution in [0.25, 0.3) is 0 Å². The van der Waals surface area contributed by atoms with Crippen LogP contribution in [-0.4, -0.2) is 18.9 Å². The molecule has 1 saturated heterocycles. The lowest BCUT2D eigenvalue weighted by atomic mass is 9.82. The normalized spacial score (nSPS) is 19.2. The van der Waals surface area contributed by atoms with Gasteiger partial charge in [-0.2, -0.15) is 0 Å². The molecular weight excluding hydrogens is 222 g/mol. The first-order valence-electron chi connectivity index (χ1n) is 6.67. The van der Waals surface area contributed by atoms with E-state index in [1.54, 1.807) is 0 Å². The second-order valence-corrected chi connectivity index (χ2v) is 6.23. The lowest BCUT2D eigenvalue weighted by Gasteiger charge is -2.39. The van der Waals surface area contributed by atoms with Crippen molar-refractivity contribution in [3.05, 3.63) is 28.8 Å². The summed E-state index contributed by atoms with van der Waals surface area (Å²) in [6, 6.07) is 4.46. The van der Waals surface area contributed by atoms with Gasteiger partial charge in [-0.3, -0.25) is 4.79 Å². The van der Waals surface area contributed by atoms with Crippen molar-refractivity contribution in [2.45, 2.75) is 41.0 Å². The average Bonchev–Trinajstić information content (AvgIpc) is 2.21. The molecule has 0 unspecified atom stereocenters. The molecule has 0 radical (unpaired) electrons. The summed E-state index contributed by atoms with van der Waals surface area (Å²) in [7, 11) is 0. The van der Waals surface area contributed by atoms with Crippen LogP contribution in [0.5, 0.6) is 0 Å². The van der Waals surface area contributed by atoms with Crippen molar-refractivity contribution in [1.29, 1.82) is 0 Å². The van der Waals surface area contributed by atoms with Gasteiger partial charge in [-0.1, -0.05) is 31.5 Å². The summed E-state index contributed by atoms with van der Waals surface area (Å²) in [6.07, 6.45) is 0.666. The van der Waals surface area contributed by atoms with Gasteiger partial charge in [0.1, 0.15) is 5.78 Å². The minimum absolute atomic E-state index is 0.220. The highest BCUT2D eigenvalue weighted by Gasteiger charge is 2.34. The minimum Gasteiger partial charge on any atom is -0.370 e. The van der Waals surface area contributed by atoms with Crippen LogP contribution in [0.1, 0.15) is 37.0 Å². The molecule has 0 atom stereocenters. The first-order chi connectivity index (χ1) is 8.31. The third-order valence-electron chi connectivity index (χ3n) is 3.90. The molecule has 2 heteroatoms. The molecule has 0 aliphatic carbocycles. The molecule has 18 heavy (non-hydrogen) atoms. The molecule has 2 nitrogen and oxygen atoms in total. The van der Waals surface area contributed by atoms with Crippen molar-refractivity contribution in [3.8, 4) is 0 Å². The molecule has 1 heterocycles. The van der Waals surface area contributed by atoms with E-state index in [1.165, 1.54) is 22.4 Å². The molecule has 2 rings (SSSR count). The quantitative estimate of drug-likeness (QED) is 0.755. The van der Waals surface area contributed by atoms with E-state index in [0.717, 1.165) is 13.1 Å². The number of hydrogen-bond acceptors (Lipinski definition) is 2. The Kier molecular flexibility index (Phi) is 3.22. The predicted molar refractivity (Wildman–Crippen MR) is 76.3 cm³/mol. The first-order valence-corrected chi connectivity index (χ1v) is 6.67. The number of benzene rings is 1. The van der Waals surface area contributed by atoms with Crippen molar-refractivity contribution in [1.82, 2.24) is 0 Å². The van der Waals surface area contributed by atoms with Crippen LogP contribution in [0, 0.1) is 26.2 Å². The highest BCUT2D eigenvalue weighted by Crippen LogP contribution is 2.33. The second kappa shape index (κ2) is 4.42. The predicted octanol–water partition coefficient (Wildman–Crippen LogP) is 3.42. The number of aryl methyl sites for hydroxylation is 3. The van der Waals surface area contributed by atoms with Crippen molar-refractivity contribution >= 4 is 11.5 Å². The van der Waals surface area contributed by atoms with Gasteiger partial charge in [-0.05, 0) is 31.9 Å². The van der Waals surface area contributed by atoms with Gasteiger partial charge in [0, 0.05) is 30.6 Å². The van der Waals surface area contributed by atoms with Crippen molar-refractivity contribution < 1.29 is 4.79 Å². The average molecular weight is 245 g/mol. The molecular formula is C16H23NO. The summed E-state index contributed by atoms with van der Waals surface area (Å²) in [6.45, 7) is 12.3. The van der Waals surface area contributed by atoms with Crippen molar-refractivity contribution in [3.63, 3.8) is 0 Å². The van der Waals surface area contributed by atoms with Crippen molar-refractivity contribution in [2.75, 3.05) is 18.0 Å². The van der Waals surface area contributed by atoms with E-state index < -0.39 is 0 Å². The standard InChI is InChI=1S/C16H23NO/c1-11-8-12(2)15(13(3)9-11)17-7-6-14(18)16(4,5)10-17/h8-9H,6-7,10H2,1-5H3. The molecule has 1 aliphatic heterocycles. The van der Waals surface area contributed by atoms with E-state index in [2.05, 4.69) is 51.7 Å². The molecule has 0 aromatic heterocycles. The molecule has 98 valence electrons. The Bertz CT molecular complexity index is 465. The van der Waals surface area contributed by atoms with Crippen LogP contribution in [0.15, 0.2) is 12.1 Å². The van der Waals surface area contributed by atoms with Crippen LogP contribution >= 0.6 is 0 Å². The largest absolute Gasteiger partial charge is 0.370 e. The molecule has 0 amide bonds. The van der Waals surface area contributed by atoms with Gasteiger partial charge < -0.3 is 4.90 Å². The van der Waals surface area contributed by atoms with E-state index in [0.29, 0.717) is 12.2 Å². The third-order valence-corrected chi connectivity index (χ3v) is 3.90. The Labute approximate surface area is 110 Å². The summed E-state index contributed by atoms with van der Waals surface area (Å²) in [5.74, 6) is 0.390. The third kappa shape index (κ3) is 2.29. The van der Waals surface area contributed by atoms with Crippen LogP contribution in [0.4, 0.5) is 5.69 Å². The van der Waals surface area contributed by atoms with E-state index in [-0.39, 0.29) is 5.41 Å². The topological polar surface area (TPSA) is 20.3 Å². The number of hydrogen-bond donors (Lipinski definition) is 0. The zero-order chi connectivity index (χ0) is 13.5. The number of carbonyl (C=O) groups is 1. The molecule has 0 bridgehead atoms. The van der Waals surface area contributed by atoms with Crippen LogP contribution in [0.3, 0.4) is 0 Å². The lowest BCUT2D eigenvalue weighted by molar-refractivity contribution is -0.127. The molecule has 1 aromatic carbocycles. The number of ketones is 1. The number of carbonyl (C=O) groups excluding carboxylic acids is 1. The Hall–Kier alpha value is -1.31. The molecule has 1 aliphatic rings. The molecule has 1 aromatic rings. The molecule has 0 saturated carbocycles. The fourth-order valence-electron chi connectivity index (χ4n) is 3.08. The lowest BCUT2D eigenvalue weighted by Crippen LogP contribution is -2.46. The van der Waals surface area contributed by atoms with E-state index in [4.69, 9.17) is 0 Å².